The maximum atomic E-state index is 11.0. The fourth-order valence-electron chi connectivity index (χ4n) is 3.80. The summed E-state index contributed by atoms with van der Waals surface area (Å²) < 4.78 is 0.186. The minimum absolute atomic E-state index is 0.00244. The van der Waals surface area contributed by atoms with Crippen LogP contribution in [0.25, 0.3) is 0 Å². The maximum absolute atomic E-state index is 11.0. The van der Waals surface area contributed by atoms with Crippen LogP contribution in [-0.4, -0.2) is 30.8 Å². The number of amides is 1. The molecule has 1 atom stereocenters. The second-order valence-electron chi connectivity index (χ2n) is 8.27. The van der Waals surface area contributed by atoms with Crippen molar-refractivity contribution in [2.75, 3.05) is 13.6 Å². The van der Waals surface area contributed by atoms with Crippen LogP contribution in [-0.2, 0) is 0 Å². The van der Waals surface area contributed by atoms with Crippen molar-refractivity contribution in [2.45, 2.75) is 90.4 Å². The first-order valence-corrected chi connectivity index (χ1v) is 11.5. The van der Waals surface area contributed by atoms with Crippen LogP contribution in [0.3, 0.4) is 0 Å². The summed E-state index contributed by atoms with van der Waals surface area (Å²) in [6.45, 7) is 2.99. The molecule has 1 aromatic carbocycles. The van der Waals surface area contributed by atoms with E-state index in [2.05, 4.69) is 12.2 Å². The van der Waals surface area contributed by atoms with Gasteiger partial charge in [0, 0.05) is 0 Å². The number of para-hydroxylation sites is 1. The lowest BCUT2D eigenvalue weighted by Gasteiger charge is -2.32. The lowest BCUT2D eigenvalue weighted by molar-refractivity contribution is 0.198. The summed E-state index contributed by atoms with van der Waals surface area (Å²) in [4.78, 5) is 11.0. The first kappa shape index (κ1) is 25.2. The highest BCUT2D eigenvalue weighted by atomic mass is 16.4. The Bertz CT molecular complexity index is 577. The van der Waals surface area contributed by atoms with Gasteiger partial charge in [-0.1, -0.05) is 95.8 Å². The van der Waals surface area contributed by atoms with Gasteiger partial charge in [0.05, 0.1) is 13.6 Å². The van der Waals surface area contributed by atoms with Gasteiger partial charge in [0.15, 0.2) is 0 Å². The number of rotatable bonds is 15. The molecule has 0 radical (unpaired) electrons. The van der Waals surface area contributed by atoms with Gasteiger partial charge in [-0.2, -0.15) is 0 Å². The van der Waals surface area contributed by atoms with Crippen molar-refractivity contribution in [1.82, 2.24) is 9.80 Å². The Morgan fingerprint density at radius 2 is 1.31 bits per heavy atom. The second kappa shape index (κ2) is 15.0. The smallest absolute Gasteiger partial charge is 0.414 e. The van der Waals surface area contributed by atoms with Crippen molar-refractivity contribution in [3.63, 3.8) is 0 Å². The third-order valence-corrected chi connectivity index (χ3v) is 5.75. The van der Waals surface area contributed by atoms with Crippen molar-refractivity contribution in [3.05, 3.63) is 30.3 Å². The van der Waals surface area contributed by atoms with Crippen LogP contribution in [0.1, 0.15) is 90.4 Å². The minimum Gasteiger partial charge on any atom is -0.465 e. The molecule has 0 aliphatic carbocycles. The lowest BCUT2D eigenvalue weighted by Crippen LogP contribution is -2.57. The Morgan fingerprint density at radius 3 is 1.76 bits per heavy atom. The molecular formula is C24H42N3O2+. The topological polar surface area (TPSA) is 73.2 Å². The number of quaternary nitrogens is 1. The van der Waals surface area contributed by atoms with E-state index < -0.39 is 6.09 Å². The van der Waals surface area contributed by atoms with Gasteiger partial charge < -0.3 is 5.11 Å². The largest absolute Gasteiger partial charge is 0.465 e. The summed E-state index contributed by atoms with van der Waals surface area (Å²) in [6.07, 6.45) is 15.7. The number of nitrogens with one attached hydrogen (secondary N) is 2. The molecule has 5 nitrogen and oxygen atoms in total. The van der Waals surface area contributed by atoms with Gasteiger partial charge >= 0.3 is 12.1 Å². The zero-order valence-electron chi connectivity index (χ0n) is 18.6. The molecule has 5 heteroatoms. The van der Waals surface area contributed by atoms with Crippen LogP contribution >= 0.6 is 0 Å². The Kier molecular flexibility index (Phi) is 13.0. The number of hydrogen-bond acceptors (Lipinski definition) is 2. The van der Waals surface area contributed by atoms with E-state index in [1.165, 1.54) is 70.6 Å². The monoisotopic (exact) mass is 404 g/mol. The maximum Gasteiger partial charge on any atom is 0.414 e. The van der Waals surface area contributed by atoms with Crippen LogP contribution < -0.4 is 9.80 Å². The summed E-state index contributed by atoms with van der Waals surface area (Å²) >= 11 is 0. The third kappa shape index (κ3) is 10.5. The Labute approximate surface area is 177 Å². The average Bonchev–Trinajstić information content (AvgIpc) is 2.71. The highest BCUT2D eigenvalue weighted by Crippen LogP contribution is 2.22. The molecule has 1 rings (SSSR count). The highest BCUT2D eigenvalue weighted by molar-refractivity contribution is 5.97. The van der Waals surface area contributed by atoms with E-state index in [4.69, 9.17) is 10.5 Å². The lowest BCUT2D eigenvalue weighted by atomic mass is 10.0. The molecule has 0 aliphatic heterocycles. The molecule has 0 bridgehead atoms. The van der Waals surface area contributed by atoms with Crippen LogP contribution in [0, 0.1) is 5.41 Å². The van der Waals surface area contributed by atoms with Gasteiger partial charge in [-0.05, 0) is 25.0 Å². The molecule has 29 heavy (non-hydrogen) atoms. The molecule has 3 N–H and O–H groups in total. The number of carboxylic acid groups (broad SMARTS) is 1. The quantitative estimate of drug-likeness (QED) is 0.128. The van der Waals surface area contributed by atoms with Gasteiger partial charge in [0.1, 0.15) is 5.69 Å². The molecular weight excluding hydrogens is 362 g/mol. The van der Waals surface area contributed by atoms with E-state index in [9.17, 15) is 4.79 Å². The molecule has 0 saturated carbocycles. The molecule has 1 amide bonds. The van der Waals surface area contributed by atoms with Crippen molar-refractivity contribution >= 4 is 17.7 Å². The van der Waals surface area contributed by atoms with Crippen LogP contribution in [0.4, 0.5) is 10.5 Å². The molecule has 0 fully saturated rings. The first-order chi connectivity index (χ1) is 14.0. The number of hydrogen-bond donors (Lipinski definition) is 3. The SMILES string of the molecule is CCCCCCCCCCCCCCC[N+](C)(C(=N)NC(=O)O)c1ccccc1. The van der Waals surface area contributed by atoms with E-state index in [1.54, 1.807) is 0 Å². The highest BCUT2D eigenvalue weighted by Gasteiger charge is 2.32. The first-order valence-electron chi connectivity index (χ1n) is 11.5. The Hall–Kier alpha value is -1.88. The Balaban J connectivity index is 2.24. The molecule has 0 aromatic heterocycles. The molecule has 1 unspecified atom stereocenters. The van der Waals surface area contributed by atoms with Gasteiger partial charge in [-0.25, -0.2) is 20.0 Å². The molecule has 0 saturated heterocycles. The van der Waals surface area contributed by atoms with Crippen molar-refractivity contribution in [2.24, 2.45) is 0 Å². The summed E-state index contributed by atoms with van der Waals surface area (Å²) in [7, 11) is 1.91. The van der Waals surface area contributed by atoms with Crippen molar-refractivity contribution in [1.29, 1.82) is 5.41 Å². The minimum atomic E-state index is -1.18. The fraction of sp³-hybridized carbons (Fsp3) is 0.667. The van der Waals surface area contributed by atoms with Gasteiger partial charge in [-0.15, -0.1) is 0 Å². The van der Waals surface area contributed by atoms with E-state index in [-0.39, 0.29) is 10.4 Å². The number of benzene rings is 1. The van der Waals surface area contributed by atoms with Crippen LogP contribution in [0.5, 0.6) is 0 Å². The fourth-order valence-corrected chi connectivity index (χ4v) is 3.80. The summed E-state index contributed by atoms with van der Waals surface area (Å²) in [5.74, 6) is 0.00244. The molecule has 0 heterocycles. The number of unbranched alkanes of at least 4 members (excludes halogenated alkanes) is 12. The Morgan fingerprint density at radius 1 is 0.862 bits per heavy atom. The summed E-state index contributed by atoms with van der Waals surface area (Å²) in [5.41, 5.74) is 0.935. The van der Waals surface area contributed by atoms with E-state index >= 15 is 0 Å². The standard InChI is InChI=1S/C24H41N3O2/c1-3-4-5-6-7-8-9-10-11-12-13-14-18-21-27(2,23(25)26-24(28)29)22-19-16-15-17-20-22/h15-17,19-20H,3-14,18,21H2,1-2H3,(H2-,25,26,28,29)/p+1. The normalized spacial score (nSPS) is 13.0. The molecule has 0 aliphatic rings. The predicted molar refractivity (Wildman–Crippen MR) is 124 cm³/mol. The van der Waals surface area contributed by atoms with E-state index in [0.29, 0.717) is 0 Å². The van der Waals surface area contributed by atoms with Crippen LogP contribution in [0.2, 0.25) is 0 Å². The number of carbonyl (C=O) groups is 1. The molecule has 0 spiro atoms. The number of guanidine groups is 1. The van der Waals surface area contributed by atoms with E-state index in [0.717, 1.165) is 25.1 Å². The zero-order valence-corrected chi connectivity index (χ0v) is 18.6. The van der Waals surface area contributed by atoms with Gasteiger partial charge in [0.25, 0.3) is 0 Å². The van der Waals surface area contributed by atoms with Crippen molar-refractivity contribution in [3.8, 4) is 0 Å². The van der Waals surface area contributed by atoms with E-state index in [1.807, 2.05) is 37.4 Å². The van der Waals surface area contributed by atoms with Crippen molar-refractivity contribution < 1.29 is 9.90 Å². The van der Waals surface area contributed by atoms with Crippen LogP contribution in [0.15, 0.2) is 30.3 Å². The second-order valence-corrected chi connectivity index (χ2v) is 8.27. The number of nitrogens with zero attached hydrogens (tertiary/aromatic N) is 1. The summed E-state index contributed by atoms with van der Waals surface area (Å²) in [5, 5.41) is 19.5. The summed E-state index contributed by atoms with van der Waals surface area (Å²) in [6, 6.07) is 9.72. The average molecular weight is 405 g/mol. The zero-order chi connectivity index (χ0) is 21.4. The predicted octanol–water partition coefficient (Wildman–Crippen LogP) is 6.92. The molecule has 1 aromatic rings. The molecule has 164 valence electrons. The van der Waals surface area contributed by atoms with Gasteiger partial charge in [0.2, 0.25) is 0 Å². The third-order valence-electron chi connectivity index (χ3n) is 5.75. The van der Waals surface area contributed by atoms with Gasteiger partial charge in [-0.3, -0.25) is 0 Å².